The van der Waals surface area contributed by atoms with Crippen LogP contribution in [0.25, 0.3) is 22.4 Å². The molecule has 0 bridgehead atoms. The molecule has 8 nitrogen and oxygen atoms in total. The van der Waals surface area contributed by atoms with Crippen molar-refractivity contribution in [3.8, 4) is 11.4 Å². The van der Waals surface area contributed by atoms with Gasteiger partial charge in [-0.2, -0.15) is 4.36 Å². The summed E-state index contributed by atoms with van der Waals surface area (Å²) in [5.74, 6) is 1.84. The van der Waals surface area contributed by atoms with Crippen LogP contribution >= 0.6 is 30.3 Å². The molecule has 0 aromatic carbocycles. The first kappa shape index (κ1) is 21.4. The van der Waals surface area contributed by atoms with Gasteiger partial charge < -0.3 is 9.64 Å². The van der Waals surface area contributed by atoms with Gasteiger partial charge in [0.15, 0.2) is 17.3 Å². The van der Waals surface area contributed by atoms with E-state index in [0.717, 1.165) is 41.8 Å². The molecule has 2 atom stereocenters. The molecule has 2 aliphatic rings. The van der Waals surface area contributed by atoms with Gasteiger partial charge in [0.05, 0.1) is 29.0 Å². The van der Waals surface area contributed by atoms with Crippen molar-refractivity contribution in [2.45, 2.75) is 31.1 Å². The molecule has 1 aliphatic carbocycles. The molecule has 1 unspecified atom stereocenters. The van der Waals surface area contributed by atoms with E-state index in [9.17, 15) is 4.21 Å². The molecule has 3 aromatic rings. The molecule has 0 amide bonds. The molecule has 31 heavy (non-hydrogen) atoms. The number of halogens is 1. The smallest absolute Gasteiger partial charge is 0.167 e. The van der Waals surface area contributed by atoms with Crippen molar-refractivity contribution < 1.29 is 8.95 Å². The Balaban J connectivity index is 1.68. The van der Waals surface area contributed by atoms with E-state index in [-0.39, 0.29) is 11.3 Å². The van der Waals surface area contributed by atoms with E-state index in [1.165, 1.54) is 0 Å². The lowest BCUT2D eigenvalue weighted by Crippen LogP contribution is -2.44. The first-order valence-corrected chi connectivity index (χ1v) is 15.5. The van der Waals surface area contributed by atoms with Crippen LogP contribution in [0.2, 0.25) is 0 Å². The van der Waals surface area contributed by atoms with E-state index in [1.807, 2.05) is 28.4 Å². The van der Waals surface area contributed by atoms with Crippen molar-refractivity contribution in [2.75, 3.05) is 30.9 Å². The summed E-state index contributed by atoms with van der Waals surface area (Å²) >= 11 is 2.24. The number of rotatable bonds is 5. The molecule has 4 heterocycles. The summed E-state index contributed by atoms with van der Waals surface area (Å²) in [7, 11) is -0.761. The molecule has 11 heteroatoms. The van der Waals surface area contributed by atoms with Crippen LogP contribution in [0.3, 0.4) is 0 Å². The van der Waals surface area contributed by atoms with Crippen LogP contribution in [0.1, 0.15) is 19.8 Å². The van der Waals surface area contributed by atoms with Crippen molar-refractivity contribution in [3.63, 3.8) is 0 Å². The van der Waals surface area contributed by atoms with Crippen molar-refractivity contribution in [2.24, 2.45) is 4.36 Å². The molecule has 1 saturated carbocycles. The Kier molecular flexibility index (Phi) is 5.86. The molecule has 2 fully saturated rings. The maximum atomic E-state index is 13.1. The fraction of sp³-hybridized carbons (Fsp3) is 0.450. The van der Waals surface area contributed by atoms with Gasteiger partial charge in [-0.25, -0.2) is 19.2 Å². The van der Waals surface area contributed by atoms with Gasteiger partial charge in [-0.3, -0.25) is 3.97 Å². The van der Waals surface area contributed by atoms with Crippen LogP contribution in [0, 0.1) is 0 Å². The van der Waals surface area contributed by atoms with Gasteiger partial charge in [-0.15, -0.1) is 0 Å². The second kappa shape index (κ2) is 8.49. The maximum absolute atomic E-state index is 13.1. The number of anilines is 1. The fourth-order valence-electron chi connectivity index (χ4n) is 3.84. The first-order chi connectivity index (χ1) is 15.0. The largest absolute Gasteiger partial charge is 0.377 e. The van der Waals surface area contributed by atoms with Crippen molar-refractivity contribution in [3.05, 3.63) is 30.6 Å². The Bertz CT molecular complexity index is 1250. The molecule has 3 aromatic heterocycles. The molecule has 164 valence electrons. The van der Waals surface area contributed by atoms with Gasteiger partial charge in [-0.05, 0) is 31.9 Å². The lowest BCUT2D eigenvalue weighted by molar-refractivity contribution is 0.0985. The predicted octanol–water partition coefficient (Wildman–Crippen LogP) is 4.46. The van der Waals surface area contributed by atoms with Crippen molar-refractivity contribution in [1.29, 1.82) is 0 Å². The normalized spacial score (nSPS) is 21.3. The molecular weight excluding hydrogens is 547 g/mol. The summed E-state index contributed by atoms with van der Waals surface area (Å²) in [6, 6.07) is 6.01. The van der Waals surface area contributed by atoms with E-state index >= 15 is 0 Å². The number of fused-ring (bicyclic) bond motifs is 1. The molecule has 0 N–H and O–H groups in total. The third-order valence-corrected chi connectivity index (χ3v) is 9.62. The summed E-state index contributed by atoms with van der Waals surface area (Å²) in [6.45, 7) is 4.16. The van der Waals surface area contributed by atoms with Crippen LogP contribution in [0.4, 0.5) is 11.6 Å². The molecule has 0 spiro atoms. The van der Waals surface area contributed by atoms with Gasteiger partial charge in [0.25, 0.3) is 0 Å². The Morgan fingerprint density at radius 1 is 1.32 bits per heavy atom. The highest BCUT2D eigenvalue weighted by Crippen LogP contribution is 2.35. The minimum absolute atomic E-state index is 0.166. The van der Waals surface area contributed by atoms with Gasteiger partial charge in [0, 0.05) is 77.8 Å². The number of aromatic nitrogens is 4. The zero-order chi connectivity index (χ0) is 21.6. The summed E-state index contributed by atoms with van der Waals surface area (Å²) in [6.07, 6.45) is 7.45. The number of nitrogens with zero attached hydrogens (tertiary/aromatic N) is 6. The van der Waals surface area contributed by atoms with Gasteiger partial charge in [0.1, 0.15) is 5.82 Å². The Hall–Kier alpha value is -1.44. The Morgan fingerprint density at radius 3 is 2.90 bits per heavy atom. The van der Waals surface area contributed by atoms with E-state index < -0.39 is 9.73 Å². The van der Waals surface area contributed by atoms with Crippen LogP contribution < -0.4 is 4.90 Å². The van der Waals surface area contributed by atoms with Gasteiger partial charge >= 0.3 is 0 Å². The van der Waals surface area contributed by atoms with E-state index in [1.54, 1.807) is 21.6 Å². The summed E-state index contributed by atoms with van der Waals surface area (Å²) in [4.78, 5) is 16.4. The number of morpholine rings is 1. The van der Waals surface area contributed by atoms with E-state index in [0.29, 0.717) is 24.9 Å². The topological polar surface area (TPSA) is 85.5 Å². The van der Waals surface area contributed by atoms with Crippen LogP contribution in [0.5, 0.6) is 0 Å². The zero-order valence-electron chi connectivity index (χ0n) is 17.3. The Labute approximate surface area is 198 Å². The van der Waals surface area contributed by atoms with Gasteiger partial charge in [0.2, 0.25) is 0 Å². The summed E-state index contributed by atoms with van der Waals surface area (Å²) < 4.78 is 25.3. The lowest BCUT2D eigenvalue weighted by Gasteiger charge is -2.34. The minimum Gasteiger partial charge on any atom is -0.377 e. The van der Waals surface area contributed by atoms with Crippen LogP contribution in [0.15, 0.2) is 35.0 Å². The molecule has 1 aliphatic heterocycles. The Morgan fingerprint density at radius 2 is 2.16 bits per heavy atom. The number of hydrogen-bond acceptors (Lipinski definition) is 8. The third-order valence-electron chi connectivity index (χ3n) is 5.65. The van der Waals surface area contributed by atoms with Crippen LogP contribution in [-0.4, -0.2) is 60.4 Å². The monoisotopic (exact) mass is 570 g/mol. The number of hydrogen-bond donors (Lipinski definition) is 0. The highest BCUT2D eigenvalue weighted by atomic mass is 127. The molecule has 1 saturated heterocycles. The second-order valence-corrected chi connectivity index (χ2v) is 12.3. The summed E-state index contributed by atoms with van der Waals surface area (Å²) in [5, 5.41) is 1.14. The standard InChI is InChI=1S/C20H23IN6O2S2/c1-13-12-29-10-9-26(13)18-11-17(25-31(2,28)14-3-4-14)23-19(24-18)15-5-7-22-20-16(15)6-8-27(20)30-21/h5-8,11,13-14H,3-4,9-10,12H2,1-2H3/t13-,31?/m1/s1. The zero-order valence-corrected chi connectivity index (χ0v) is 21.1. The van der Waals surface area contributed by atoms with Crippen molar-refractivity contribution in [1.82, 2.24) is 18.9 Å². The highest BCUT2D eigenvalue weighted by molar-refractivity contribution is 14.2. The fourth-order valence-corrected chi connectivity index (χ4v) is 6.73. The van der Waals surface area contributed by atoms with Crippen LogP contribution in [-0.2, 0) is 14.5 Å². The number of pyridine rings is 1. The van der Waals surface area contributed by atoms with Gasteiger partial charge in [-0.1, -0.05) is 0 Å². The highest BCUT2D eigenvalue weighted by Gasteiger charge is 2.31. The van der Waals surface area contributed by atoms with E-state index in [2.05, 4.69) is 42.4 Å². The number of ether oxygens (including phenoxy) is 1. The minimum atomic E-state index is -2.32. The summed E-state index contributed by atoms with van der Waals surface area (Å²) in [5.41, 5.74) is 1.75. The average molecular weight is 570 g/mol. The lowest BCUT2D eigenvalue weighted by atomic mass is 10.1. The predicted molar refractivity (Wildman–Crippen MR) is 135 cm³/mol. The SMILES string of the molecule is C[C@@H]1COCCN1c1cc(N=S(C)(=O)C2CC2)nc(-c2ccnc3c2ccn3SI)n1. The van der Waals surface area contributed by atoms with E-state index in [4.69, 9.17) is 14.7 Å². The van der Waals surface area contributed by atoms with Crippen molar-refractivity contribution >= 4 is 62.7 Å². The molecule has 0 radical (unpaired) electrons. The maximum Gasteiger partial charge on any atom is 0.167 e. The second-order valence-electron chi connectivity index (χ2n) is 7.98. The average Bonchev–Trinajstić information content (AvgIpc) is 3.54. The third kappa shape index (κ3) is 4.29. The molecule has 5 rings (SSSR count). The first-order valence-electron chi connectivity index (χ1n) is 10.2. The molecular formula is C20H23IN6O2S2. The quantitative estimate of drug-likeness (QED) is 0.419.